The average Bonchev–Trinajstić information content (AvgIpc) is 2.86. The summed E-state index contributed by atoms with van der Waals surface area (Å²) in [5, 5.41) is 9.08. The lowest BCUT2D eigenvalue weighted by Gasteiger charge is -2.10. The maximum Gasteiger partial charge on any atom is 0.258 e. The zero-order chi connectivity index (χ0) is 13.1. The molecule has 1 aromatic heterocycles. The van der Waals surface area contributed by atoms with Gasteiger partial charge in [-0.15, -0.1) is 0 Å². The summed E-state index contributed by atoms with van der Waals surface area (Å²) in [6.07, 6.45) is 2.98. The highest BCUT2D eigenvalue weighted by molar-refractivity contribution is 9.11. The maximum absolute atomic E-state index is 11.9. The van der Waals surface area contributed by atoms with Crippen LogP contribution in [0.1, 0.15) is 10.4 Å². The van der Waals surface area contributed by atoms with E-state index in [-0.39, 0.29) is 5.91 Å². The number of carbonyl (C=O) groups is 1. The Kier molecular flexibility index (Phi) is 4.03. The van der Waals surface area contributed by atoms with Gasteiger partial charge in [-0.1, -0.05) is 0 Å². The van der Waals surface area contributed by atoms with Crippen LogP contribution in [0.15, 0.2) is 33.5 Å². The number of anilines is 1. The predicted octanol–water partition coefficient (Wildman–Crippen LogP) is 3.20. The van der Waals surface area contributed by atoms with Crippen molar-refractivity contribution in [2.45, 2.75) is 0 Å². The molecule has 94 valence electrons. The monoisotopic (exact) mass is 373 g/mol. The third kappa shape index (κ3) is 2.73. The van der Waals surface area contributed by atoms with Crippen LogP contribution >= 0.6 is 31.9 Å². The molecule has 2 N–H and O–H groups in total. The SMILES string of the molecule is COc1cc(NC(=O)c2cn[nH]c2)c(Br)cc1Br. The summed E-state index contributed by atoms with van der Waals surface area (Å²) in [4.78, 5) is 11.9. The largest absolute Gasteiger partial charge is 0.495 e. The Morgan fingerprint density at radius 3 is 2.78 bits per heavy atom. The van der Waals surface area contributed by atoms with Gasteiger partial charge in [-0.2, -0.15) is 5.10 Å². The van der Waals surface area contributed by atoms with Crippen LogP contribution in [0, 0.1) is 0 Å². The quantitative estimate of drug-likeness (QED) is 0.866. The summed E-state index contributed by atoms with van der Waals surface area (Å²) >= 11 is 6.74. The number of nitrogens with one attached hydrogen (secondary N) is 2. The molecule has 2 rings (SSSR count). The summed E-state index contributed by atoms with van der Waals surface area (Å²) in [7, 11) is 1.57. The highest BCUT2D eigenvalue weighted by atomic mass is 79.9. The van der Waals surface area contributed by atoms with Crippen molar-refractivity contribution in [1.29, 1.82) is 0 Å². The molecule has 5 nitrogen and oxygen atoms in total. The van der Waals surface area contributed by atoms with Gasteiger partial charge in [0.25, 0.3) is 5.91 Å². The number of H-pyrrole nitrogens is 1. The molecule has 1 heterocycles. The van der Waals surface area contributed by atoms with Gasteiger partial charge < -0.3 is 10.1 Å². The van der Waals surface area contributed by atoms with E-state index in [9.17, 15) is 4.79 Å². The van der Waals surface area contributed by atoms with Crippen molar-refractivity contribution in [2.24, 2.45) is 0 Å². The fraction of sp³-hybridized carbons (Fsp3) is 0.0909. The number of methoxy groups -OCH3 is 1. The van der Waals surface area contributed by atoms with Crippen molar-refractivity contribution < 1.29 is 9.53 Å². The van der Waals surface area contributed by atoms with Crippen LogP contribution in [0.4, 0.5) is 5.69 Å². The lowest BCUT2D eigenvalue weighted by molar-refractivity contribution is 0.102. The fourth-order valence-electron chi connectivity index (χ4n) is 1.35. The molecule has 0 spiro atoms. The normalized spacial score (nSPS) is 10.2. The third-order valence-electron chi connectivity index (χ3n) is 2.25. The molecular weight excluding hydrogens is 366 g/mol. The van der Waals surface area contributed by atoms with Crippen LogP contribution in [0.2, 0.25) is 0 Å². The fourth-order valence-corrected chi connectivity index (χ4v) is 2.61. The predicted molar refractivity (Wildman–Crippen MR) is 74.9 cm³/mol. The number of amides is 1. The molecule has 1 aromatic carbocycles. The first-order valence-electron chi connectivity index (χ1n) is 4.95. The van der Waals surface area contributed by atoms with Crippen LogP contribution in [-0.2, 0) is 0 Å². The number of benzene rings is 1. The van der Waals surface area contributed by atoms with Crippen LogP contribution in [-0.4, -0.2) is 23.2 Å². The van der Waals surface area contributed by atoms with Gasteiger partial charge in [0.15, 0.2) is 0 Å². The Bertz CT molecular complexity index is 570. The molecule has 0 aliphatic carbocycles. The van der Waals surface area contributed by atoms with E-state index in [4.69, 9.17) is 4.74 Å². The molecule has 2 aromatic rings. The van der Waals surface area contributed by atoms with Crippen molar-refractivity contribution in [3.8, 4) is 5.75 Å². The minimum Gasteiger partial charge on any atom is -0.495 e. The van der Waals surface area contributed by atoms with E-state index >= 15 is 0 Å². The zero-order valence-corrected chi connectivity index (χ0v) is 12.5. The van der Waals surface area contributed by atoms with Crippen LogP contribution in [0.5, 0.6) is 5.75 Å². The Morgan fingerprint density at radius 1 is 1.39 bits per heavy atom. The van der Waals surface area contributed by atoms with E-state index in [0.29, 0.717) is 17.0 Å². The first kappa shape index (κ1) is 13.1. The van der Waals surface area contributed by atoms with E-state index in [1.807, 2.05) is 6.07 Å². The molecule has 0 bridgehead atoms. The number of halogens is 2. The Morgan fingerprint density at radius 2 is 2.17 bits per heavy atom. The minimum atomic E-state index is -0.242. The second kappa shape index (κ2) is 5.53. The highest BCUT2D eigenvalue weighted by Crippen LogP contribution is 2.34. The van der Waals surface area contributed by atoms with E-state index in [2.05, 4.69) is 47.4 Å². The van der Waals surface area contributed by atoms with Gasteiger partial charge in [0.05, 0.1) is 29.0 Å². The molecule has 0 fully saturated rings. The second-order valence-corrected chi connectivity index (χ2v) is 5.12. The number of ether oxygens (including phenoxy) is 1. The Hall–Kier alpha value is -1.34. The van der Waals surface area contributed by atoms with Crippen LogP contribution in [0.3, 0.4) is 0 Å². The summed E-state index contributed by atoms with van der Waals surface area (Å²) in [6, 6.07) is 3.54. The number of rotatable bonds is 3. The van der Waals surface area contributed by atoms with E-state index in [1.165, 1.54) is 12.4 Å². The lowest BCUT2D eigenvalue weighted by Crippen LogP contribution is -2.11. The van der Waals surface area contributed by atoms with Crippen molar-refractivity contribution in [3.63, 3.8) is 0 Å². The Balaban J connectivity index is 2.26. The van der Waals surface area contributed by atoms with Gasteiger partial charge in [0.2, 0.25) is 0 Å². The van der Waals surface area contributed by atoms with Gasteiger partial charge in [-0.05, 0) is 37.9 Å². The third-order valence-corrected chi connectivity index (χ3v) is 3.53. The maximum atomic E-state index is 11.9. The highest BCUT2D eigenvalue weighted by Gasteiger charge is 2.12. The number of hydrogen-bond donors (Lipinski definition) is 2. The molecule has 0 atom stereocenters. The number of aromatic nitrogens is 2. The van der Waals surface area contributed by atoms with Crippen molar-refractivity contribution in [1.82, 2.24) is 10.2 Å². The topological polar surface area (TPSA) is 67.0 Å². The van der Waals surface area contributed by atoms with Crippen molar-refractivity contribution in [2.75, 3.05) is 12.4 Å². The minimum absolute atomic E-state index is 0.242. The van der Waals surface area contributed by atoms with Crippen molar-refractivity contribution in [3.05, 3.63) is 39.0 Å². The number of nitrogens with zero attached hydrogens (tertiary/aromatic N) is 1. The molecule has 0 saturated heterocycles. The van der Waals surface area contributed by atoms with Crippen molar-refractivity contribution >= 4 is 43.5 Å². The van der Waals surface area contributed by atoms with E-state index in [0.717, 1.165) is 8.95 Å². The summed E-state index contributed by atoms with van der Waals surface area (Å²) in [6.45, 7) is 0. The zero-order valence-electron chi connectivity index (χ0n) is 9.33. The summed E-state index contributed by atoms with van der Waals surface area (Å²) in [5.41, 5.74) is 1.09. The van der Waals surface area contributed by atoms with E-state index < -0.39 is 0 Å². The number of aromatic amines is 1. The summed E-state index contributed by atoms with van der Waals surface area (Å²) < 4.78 is 6.74. The van der Waals surface area contributed by atoms with Crippen LogP contribution in [0.25, 0.3) is 0 Å². The number of hydrogen-bond acceptors (Lipinski definition) is 3. The second-order valence-electron chi connectivity index (χ2n) is 3.41. The van der Waals surface area contributed by atoms with Gasteiger partial charge in [-0.3, -0.25) is 9.89 Å². The average molecular weight is 375 g/mol. The molecular formula is C11H9Br2N3O2. The van der Waals surface area contributed by atoms with Gasteiger partial charge in [0.1, 0.15) is 5.75 Å². The molecule has 7 heteroatoms. The molecule has 0 saturated carbocycles. The molecule has 1 amide bonds. The lowest BCUT2D eigenvalue weighted by atomic mass is 10.2. The standard InChI is InChI=1S/C11H9Br2N3O2/c1-18-10-3-9(7(12)2-8(10)13)16-11(17)6-4-14-15-5-6/h2-5H,1H3,(H,14,15)(H,16,17). The van der Waals surface area contributed by atoms with Gasteiger partial charge >= 0.3 is 0 Å². The molecule has 0 aliphatic heterocycles. The summed E-state index contributed by atoms with van der Waals surface area (Å²) in [5.74, 6) is 0.398. The van der Waals surface area contributed by atoms with Gasteiger partial charge in [0, 0.05) is 16.7 Å². The van der Waals surface area contributed by atoms with Gasteiger partial charge in [-0.25, -0.2) is 0 Å². The first-order chi connectivity index (χ1) is 8.61. The Labute approximate surface area is 120 Å². The molecule has 0 aliphatic rings. The van der Waals surface area contributed by atoms with E-state index in [1.54, 1.807) is 13.2 Å². The number of carbonyl (C=O) groups excluding carboxylic acids is 1. The van der Waals surface area contributed by atoms with Crippen LogP contribution < -0.4 is 10.1 Å². The molecule has 0 radical (unpaired) electrons. The first-order valence-corrected chi connectivity index (χ1v) is 6.53. The smallest absolute Gasteiger partial charge is 0.258 e. The molecule has 0 unspecified atom stereocenters. The molecule has 18 heavy (non-hydrogen) atoms.